The highest BCUT2D eigenvalue weighted by atomic mass is 32.1. The van der Waals surface area contributed by atoms with Crippen LogP contribution >= 0.6 is 12.2 Å². The summed E-state index contributed by atoms with van der Waals surface area (Å²) in [6.45, 7) is 3.96. The van der Waals surface area contributed by atoms with Crippen LogP contribution in [0.3, 0.4) is 0 Å². The van der Waals surface area contributed by atoms with E-state index in [1.54, 1.807) is 6.20 Å². The fourth-order valence-corrected chi connectivity index (χ4v) is 2.05. The number of hydrogen-bond donors (Lipinski definition) is 1. The van der Waals surface area contributed by atoms with E-state index < -0.39 is 11.7 Å². The van der Waals surface area contributed by atoms with Crippen molar-refractivity contribution in [2.24, 2.45) is 5.73 Å². The van der Waals surface area contributed by atoms with E-state index in [1.807, 2.05) is 19.9 Å². The number of aromatic nitrogens is 2. The van der Waals surface area contributed by atoms with Gasteiger partial charge in [-0.05, 0) is 30.2 Å². The topological polar surface area (TPSA) is 43.8 Å². The molecule has 7 heteroatoms. The fraction of sp³-hybridized carbons (Fsp3) is 0.286. The minimum Gasteiger partial charge on any atom is -0.389 e. The zero-order chi connectivity index (χ0) is 15.8. The van der Waals surface area contributed by atoms with Gasteiger partial charge in [0.1, 0.15) is 4.99 Å². The molecule has 0 aliphatic heterocycles. The minimum absolute atomic E-state index is 0.0994. The Morgan fingerprint density at radius 1 is 1.29 bits per heavy atom. The van der Waals surface area contributed by atoms with Crippen molar-refractivity contribution in [3.8, 4) is 5.69 Å². The Hall–Kier alpha value is -1.89. The molecule has 112 valence electrons. The van der Waals surface area contributed by atoms with Crippen LogP contribution in [0.1, 0.15) is 36.6 Å². The summed E-state index contributed by atoms with van der Waals surface area (Å²) in [7, 11) is 0. The second kappa shape index (κ2) is 5.48. The Balaban J connectivity index is 2.55. The van der Waals surface area contributed by atoms with Gasteiger partial charge in [0.25, 0.3) is 0 Å². The summed E-state index contributed by atoms with van der Waals surface area (Å²) in [6, 6.07) is 5.09. The van der Waals surface area contributed by atoms with E-state index in [0.717, 1.165) is 17.8 Å². The number of halogens is 3. The molecule has 0 fully saturated rings. The molecule has 2 rings (SSSR count). The van der Waals surface area contributed by atoms with Crippen LogP contribution in [0.25, 0.3) is 5.69 Å². The summed E-state index contributed by atoms with van der Waals surface area (Å²) in [4.78, 5) is -0.0994. The Labute approximate surface area is 125 Å². The summed E-state index contributed by atoms with van der Waals surface area (Å²) in [6.07, 6.45) is -2.76. The molecule has 1 heterocycles. The van der Waals surface area contributed by atoms with Crippen molar-refractivity contribution in [2.45, 2.75) is 25.9 Å². The van der Waals surface area contributed by atoms with Gasteiger partial charge in [-0.25, -0.2) is 4.68 Å². The third-order valence-electron chi connectivity index (χ3n) is 3.04. The maximum atomic E-state index is 12.8. The SMILES string of the molecule is CC(C)c1ccn(-c2ccc(C(F)(F)F)cc2C(N)=S)n1. The molecule has 21 heavy (non-hydrogen) atoms. The van der Waals surface area contributed by atoms with Crippen molar-refractivity contribution in [3.63, 3.8) is 0 Å². The maximum absolute atomic E-state index is 12.8. The van der Waals surface area contributed by atoms with E-state index in [-0.39, 0.29) is 16.5 Å². The number of nitrogens with zero attached hydrogens (tertiary/aromatic N) is 2. The summed E-state index contributed by atoms with van der Waals surface area (Å²) in [5.74, 6) is 0.217. The third-order valence-corrected chi connectivity index (χ3v) is 3.26. The monoisotopic (exact) mass is 313 g/mol. The molecule has 0 atom stereocenters. The molecule has 2 N–H and O–H groups in total. The highest BCUT2D eigenvalue weighted by Gasteiger charge is 2.31. The predicted molar refractivity (Wildman–Crippen MR) is 78.5 cm³/mol. The Morgan fingerprint density at radius 3 is 2.43 bits per heavy atom. The van der Waals surface area contributed by atoms with Crippen LogP contribution in [0.15, 0.2) is 30.5 Å². The van der Waals surface area contributed by atoms with E-state index in [4.69, 9.17) is 18.0 Å². The molecule has 0 aliphatic rings. The number of alkyl halides is 3. The molecule has 0 amide bonds. The van der Waals surface area contributed by atoms with E-state index in [2.05, 4.69) is 5.10 Å². The normalized spacial score (nSPS) is 11.9. The van der Waals surface area contributed by atoms with Gasteiger partial charge in [-0.15, -0.1) is 0 Å². The molecule has 0 saturated heterocycles. The molecule has 0 spiro atoms. The van der Waals surface area contributed by atoms with E-state index in [9.17, 15) is 13.2 Å². The quantitative estimate of drug-likeness (QED) is 0.880. The van der Waals surface area contributed by atoms with Crippen molar-refractivity contribution in [1.82, 2.24) is 9.78 Å². The molecule has 1 aromatic carbocycles. The van der Waals surface area contributed by atoms with Crippen molar-refractivity contribution in [2.75, 3.05) is 0 Å². The van der Waals surface area contributed by atoms with Gasteiger partial charge in [0.15, 0.2) is 0 Å². The minimum atomic E-state index is -4.44. The third kappa shape index (κ3) is 3.24. The standard InChI is InChI=1S/C14H14F3N3S/c1-8(2)11-5-6-20(19-11)12-4-3-9(14(15,16)17)7-10(12)13(18)21/h3-8H,1-2H3,(H2,18,21). The number of rotatable bonds is 3. The first-order valence-electron chi connectivity index (χ1n) is 6.27. The largest absolute Gasteiger partial charge is 0.416 e. The highest BCUT2D eigenvalue weighted by molar-refractivity contribution is 7.80. The zero-order valence-electron chi connectivity index (χ0n) is 11.5. The van der Waals surface area contributed by atoms with Gasteiger partial charge < -0.3 is 5.73 Å². The fourth-order valence-electron chi connectivity index (χ4n) is 1.89. The van der Waals surface area contributed by atoms with Gasteiger partial charge in [0, 0.05) is 11.8 Å². The molecule has 1 aromatic heterocycles. The van der Waals surface area contributed by atoms with Crippen LogP contribution < -0.4 is 5.73 Å². The van der Waals surface area contributed by atoms with Crippen LogP contribution in [-0.4, -0.2) is 14.8 Å². The lowest BCUT2D eigenvalue weighted by molar-refractivity contribution is -0.137. The number of thiocarbonyl (C=S) groups is 1. The lowest BCUT2D eigenvalue weighted by Crippen LogP contribution is -2.16. The number of nitrogens with two attached hydrogens (primary N) is 1. The second-order valence-corrected chi connectivity index (χ2v) is 5.37. The molecule has 0 unspecified atom stereocenters. The first-order valence-corrected chi connectivity index (χ1v) is 6.68. The molecule has 0 aliphatic carbocycles. The Kier molecular flexibility index (Phi) is 4.04. The number of hydrogen-bond acceptors (Lipinski definition) is 2. The van der Waals surface area contributed by atoms with Gasteiger partial charge in [0.2, 0.25) is 0 Å². The summed E-state index contributed by atoms with van der Waals surface area (Å²) in [5, 5.41) is 4.34. The second-order valence-electron chi connectivity index (χ2n) is 4.93. The van der Waals surface area contributed by atoms with Gasteiger partial charge in [0.05, 0.1) is 16.9 Å². The summed E-state index contributed by atoms with van der Waals surface area (Å²) < 4.78 is 39.8. The predicted octanol–water partition coefficient (Wildman–Crippen LogP) is 3.65. The van der Waals surface area contributed by atoms with Crippen LogP contribution in [-0.2, 0) is 6.18 Å². The van der Waals surface area contributed by atoms with Crippen molar-refractivity contribution in [3.05, 3.63) is 47.3 Å². The average Bonchev–Trinajstić information content (AvgIpc) is 2.86. The molecule has 2 aromatic rings. The smallest absolute Gasteiger partial charge is 0.389 e. The first-order chi connectivity index (χ1) is 9.70. The van der Waals surface area contributed by atoms with E-state index in [1.165, 1.54) is 10.7 Å². The van der Waals surface area contributed by atoms with Crippen LogP contribution in [0.5, 0.6) is 0 Å². The lowest BCUT2D eigenvalue weighted by atomic mass is 10.1. The maximum Gasteiger partial charge on any atom is 0.416 e. The zero-order valence-corrected chi connectivity index (χ0v) is 12.3. The van der Waals surface area contributed by atoms with E-state index in [0.29, 0.717) is 5.69 Å². The van der Waals surface area contributed by atoms with Crippen LogP contribution in [0, 0.1) is 0 Å². The summed E-state index contributed by atoms with van der Waals surface area (Å²) in [5.41, 5.74) is 6.19. The Bertz CT molecular complexity index is 674. The van der Waals surface area contributed by atoms with Crippen molar-refractivity contribution >= 4 is 17.2 Å². The molecular weight excluding hydrogens is 299 g/mol. The molecule has 0 bridgehead atoms. The first kappa shape index (κ1) is 15.5. The Morgan fingerprint density at radius 2 is 1.95 bits per heavy atom. The van der Waals surface area contributed by atoms with E-state index >= 15 is 0 Å². The average molecular weight is 313 g/mol. The van der Waals surface area contributed by atoms with Gasteiger partial charge >= 0.3 is 6.18 Å². The molecular formula is C14H14F3N3S. The molecule has 3 nitrogen and oxygen atoms in total. The lowest BCUT2D eigenvalue weighted by Gasteiger charge is -2.13. The van der Waals surface area contributed by atoms with Crippen molar-refractivity contribution < 1.29 is 13.2 Å². The molecule has 0 radical (unpaired) electrons. The van der Waals surface area contributed by atoms with Crippen LogP contribution in [0.4, 0.5) is 13.2 Å². The van der Waals surface area contributed by atoms with Crippen molar-refractivity contribution in [1.29, 1.82) is 0 Å². The van der Waals surface area contributed by atoms with Gasteiger partial charge in [-0.3, -0.25) is 0 Å². The number of benzene rings is 1. The molecule has 0 saturated carbocycles. The van der Waals surface area contributed by atoms with Gasteiger partial charge in [-0.1, -0.05) is 26.1 Å². The highest BCUT2D eigenvalue weighted by Crippen LogP contribution is 2.31. The van der Waals surface area contributed by atoms with Crippen LogP contribution in [0.2, 0.25) is 0 Å². The summed E-state index contributed by atoms with van der Waals surface area (Å²) >= 11 is 4.86. The van der Waals surface area contributed by atoms with Gasteiger partial charge in [-0.2, -0.15) is 18.3 Å².